The molecule has 3 atom stereocenters. The van der Waals surface area contributed by atoms with Gasteiger partial charge in [-0.05, 0) is 50.6 Å². The number of alkyl halides is 3. The molecule has 1 aliphatic heterocycles. The van der Waals surface area contributed by atoms with Crippen molar-refractivity contribution >= 4 is 33.1 Å². The molecule has 0 radical (unpaired) electrons. The van der Waals surface area contributed by atoms with Crippen molar-refractivity contribution in [3.8, 4) is 0 Å². The Morgan fingerprint density at radius 2 is 1.89 bits per heavy atom. The number of hydrogen-bond acceptors (Lipinski definition) is 6. The van der Waals surface area contributed by atoms with Gasteiger partial charge in [-0.15, -0.1) is 0 Å². The highest BCUT2D eigenvalue weighted by atomic mass is 35.5. The fourth-order valence-corrected chi connectivity index (χ4v) is 5.97. The van der Waals surface area contributed by atoms with E-state index >= 15 is 0 Å². The highest BCUT2D eigenvalue weighted by Crippen LogP contribution is 2.41. The summed E-state index contributed by atoms with van der Waals surface area (Å²) in [7, 11) is -2.72. The topological polar surface area (TPSA) is 86.4 Å². The number of halogens is 6. The van der Waals surface area contributed by atoms with Gasteiger partial charge in [0.1, 0.15) is 16.5 Å². The molecular formula is C22H25ClF5N5O2S. The predicted octanol–water partition coefficient (Wildman–Crippen LogP) is 4.23. The number of likely N-dealkylation sites (N-methyl/N-ethyl adjacent to an activating group) is 1. The molecule has 1 aromatic carbocycles. The summed E-state index contributed by atoms with van der Waals surface area (Å²) in [6.45, 7) is 1.32. The van der Waals surface area contributed by atoms with Gasteiger partial charge in [0.15, 0.2) is 0 Å². The number of nitrogens with zero attached hydrogens (tertiary/aromatic N) is 2. The summed E-state index contributed by atoms with van der Waals surface area (Å²) >= 11 is 6.28. The average molecular weight is 554 g/mol. The highest BCUT2D eigenvalue weighted by Gasteiger charge is 2.47. The van der Waals surface area contributed by atoms with Gasteiger partial charge in [0.05, 0.1) is 16.6 Å². The molecule has 3 N–H and O–H groups in total. The Kier molecular flexibility index (Phi) is 7.65. The van der Waals surface area contributed by atoms with Crippen molar-refractivity contribution in [2.24, 2.45) is 5.92 Å². The van der Waals surface area contributed by atoms with E-state index in [9.17, 15) is 30.4 Å². The van der Waals surface area contributed by atoms with Gasteiger partial charge in [0.25, 0.3) is 10.0 Å². The van der Waals surface area contributed by atoms with Crippen molar-refractivity contribution in [3.63, 3.8) is 0 Å². The van der Waals surface area contributed by atoms with E-state index in [1.54, 1.807) is 7.05 Å². The molecule has 2 heterocycles. The highest BCUT2D eigenvalue weighted by molar-refractivity contribution is 7.92. The van der Waals surface area contributed by atoms with E-state index in [0.717, 1.165) is 18.2 Å². The van der Waals surface area contributed by atoms with Gasteiger partial charge in [0, 0.05) is 31.2 Å². The first-order valence-corrected chi connectivity index (χ1v) is 13.1. The Morgan fingerprint density at radius 1 is 1.17 bits per heavy atom. The second-order valence-corrected chi connectivity index (χ2v) is 11.1. The normalized spacial score (nSPS) is 23.4. The Labute approximate surface area is 210 Å². The molecule has 0 bridgehead atoms. The van der Waals surface area contributed by atoms with Gasteiger partial charge in [0.2, 0.25) is 5.95 Å². The molecular weight excluding hydrogens is 529 g/mol. The maximum absolute atomic E-state index is 14.9. The third kappa shape index (κ3) is 5.84. The first kappa shape index (κ1) is 26.8. The quantitative estimate of drug-likeness (QED) is 0.351. The van der Waals surface area contributed by atoms with Crippen LogP contribution in [0.3, 0.4) is 0 Å². The fourth-order valence-electron chi connectivity index (χ4n) is 4.60. The summed E-state index contributed by atoms with van der Waals surface area (Å²) in [5, 5.41) is 6.02. The molecule has 7 nitrogen and oxygen atoms in total. The van der Waals surface area contributed by atoms with E-state index in [4.69, 9.17) is 11.6 Å². The lowest BCUT2D eigenvalue weighted by Crippen LogP contribution is -2.62. The van der Waals surface area contributed by atoms with Crippen LogP contribution in [0.25, 0.3) is 0 Å². The predicted molar refractivity (Wildman–Crippen MR) is 125 cm³/mol. The molecule has 1 unspecified atom stereocenters. The first-order valence-electron chi connectivity index (χ1n) is 11.3. The maximum atomic E-state index is 14.9. The van der Waals surface area contributed by atoms with E-state index in [0.29, 0.717) is 13.1 Å². The summed E-state index contributed by atoms with van der Waals surface area (Å²) in [5.41, 5.74) is 0.0672. The number of hydrogen-bond donors (Lipinski definition) is 3. The van der Waals surface area contributed by atoms with Crippen LogP contribution in [-0.2, 0) is 10.0 Å². The molecule has 1 saturated carbocycles. The van der Waals surface area contributed by atoms with Crippen LogP contribution in [0, 0.1) is 17.7 Å². The molecule has 0 spiro atoms. The first-order chi connectivity index (χ1) is 16.8. The van der Waals surface area contributed by atoms with Crippen molar-refractivity contribution in [3.05, 3.63) is 47.1 Å². The van der Waals surface area contributed by atoms with Crippen molar-refractivity contribution in [1.29, 1.82) is 0 Å². The second-order valence-electron chi connectivity index (χ2n) is 9.06. The van der Waals surface area contributed by atoms with E-state index in [1.165, 1.54) is 12.1 Å². The standard InChI is InChI=1S/C22H25ClF5N5O2S/c1-33(13-10-29-11-13)18-7-12(22(26,27)28)5-6-16(18)30-17-9-15(24)19(8-14(17)23)36(34,35)32-21-4-2-3-20(25)31-21/h2-4,8-9,12-13,16,18,29-30H,5-7,10-11H2,1H3,(H,31,32)/t12?,16-,18-/m0/s1. The zero-order chi connectivity index (χ0) is 26.3. The summed E-state index contributed by atoms with van der Waals surface area (Å²) in [5.74, 6) is -3.85. The SMILES string of the molecule is CN(C1CNC1)[C@H]1CC(C(F)(F)F)CC[C@@H]1Nc1cc(F)c(S(=O)(=O)Nc2cccc(F)n2)cc1Cl. The van der Waals surface area contributed by atoms with Gasteiger partial charge in [-0.1, -0.05) is 17.7 Å². The van der Waals surface area contributed by atoms with Gasteiger partial charge in [-0.2, -0.15) is 17.6 Å². The number of benzene rings is 1. The van der Waals surface area contributed by atoms with Gasteiger partial charge in [-0.25, -0.2) is 17.8 Å². The van der Waals surface area contributed by atoms with Crippen molar-refractivity contribution in [1.82, 2.24) is 15.2 Å². The van der Waals surface area contributed by atoms with E-state index in [1.807, 2.05) is 9.62 Å². The Hall–Kier alpha value is -2.22. The van der Waals surface area contributed by atoms with Crippen molar-refractivity contribution < 1.29 is 30.4 Å². The van der Waals surface area contributed by atoms with Crippen LogP contribution in [0.2, 0.25) is 5.02 Å². The molecule has 2 fully saturated rings. The molecule has 2 aromatic rings. The van der Waals surface area contributed by atoms with Crippen LogP contribution in [0.15, 0.2) is 35.2 Å². The average Bonchev–Trinajstić information content (AvgIpc) is 2.73. The number of rotatable bonds is 7. The number of aromatic nitrogens is 1. The van der Waals surface area contributed by atoms with Crippen LogP contribution >= 0.6 is 11.6 Å². The molecule has 14 heteroatoms. The smallest absolute Gasteiger partial charge is 0.379 e. The zero-order valence-electron chi connectivity index (χ0n) is 19.1. The summed E-state index contributed by atoms with van der Waals surface area (Å²) in [6, 6.07) is 4.35. The molecule has 1 saturated heterocycles. The lowest BCUT2D eigenvalue weighted by atomic mass is 9.80. The number of anilines is 2. The van der Waals surface area contributed by atoms with Gasteiger partial charge >= 0.3 is 6.18 Å². The van der Waals surface area contributed by atoms with Gasteiger partial charge in [-0.3, -0.25) is 9.62 Å². The number of nitrogens with one attached hydrogen (secondary N) is 3. The molecule has 0 amide bonds. The Balaban J connectivity index is 1.56. The lowest BCUT2D eigenvalue weighted by Gasteiger charge is -2.47. The van der Waals surface area contributed by atoms with Crippen LogP contribution in [0.4, 0.5) is 33.5 Å². The molecule has 2 aliphatic rings. The lowest BCUT2D eigenvalue weighted by molar-refractivity contribution is -0.187. The number of pyridine rings is 1. The maximum Gasteiger partial charge on any atom is 0.391 e. The van der Waals surface area contributed by atoms with E-state index in [2.05, 4.69) is 15.6 Å². The minimum absolute atomic E-state index is 0.0672. The van der Waals surface area contributed by atoms with Crippen molar-refractivity contribution in [2.75, 3.05) is 30.2 Å². The fraction of sp³-hybridized carbons (Fsp3) is 0.500. The molecule has 1 aromatic heterocycles. The summed E-state index contributed by atoms with van der Waals surface area (Å²) in [4.78, 5) is 4.52. The van der Waals surface area contributed by atoms with Crippen LogP contribution in [-0.4, -0.2) is 62.7 Å². The third-order valence-electron chi connectivity index (χ3n) is 6.74. The second kappa shape index (κ2) is 10.3. The largest absolute Gasteiger partial charge is 0.391 e. The van der Waals surface area contributed by atoms with Gasteiger partial charge < -0.3 is 10.6 Å². The van der Waals surface area contributed by atoms with Crippen LogP contribution < -0.4 is 15.4 Å². The van der Waals surface area contributed by atoms with E-state index in [-0.39, 0.29) is 41.8 Å². The number of sulfonamides is 1. The summed E-state index contributed by atoms with van der Waals surface area (Å²) < 4.78 is 96.0. The molecule has 198 valence electrons. The van der Waals surface area contributed by atoms with Crippen molar-refractivity contribution in [2.45, 2.75) is 48.5 Å². The molecule has 36 heavy (non-hydrogen) atoms. The minimum atomic E-state index is -4.49. The Morgan fingerprint density at radius 3 is 2.50 bits per heavy atom. The zero-order valence-corrected chi connectivity index (χ0v) is 20.7. The van der Waals surface area contributed by atoms with E-state index < -0.39 is 50.9 Å². The minimum Gasteiger partial charge on any atom is -0.379 e. The van der Waals surface area contributed by atoms with Crippen LogP contribution in [0.1, 0.15) is 19.3 Å². The van der Waals surface area contributed by atoms with Crippen LogP contribution in [0.5, 0.6) is 0 Å². The molecule has 4 rings (SSSR count). The third-order valence-corrected chi connectivity index (χ3v) is 8.43. The monoisotopic (exact) mass is 553 g/mol. The molecule has 1 aliphatic carbocycles. The summed E-state index contributed by atoms with van der Waals surface area (Å²) in [6.07, 6.45) is -4.35. The Bertz CT molecular complexity index is 1210.